The van der Waals surface area contributed by atoms with Crippen molar-refractivity contribution in [2.75, 3.05) is 0 Å². The predicted octanol–water partition coefficient (Wildman–Crippen LogP) is 5.67. The molecular formula is C30H48O4. The number of Topliss-reactive ketones (excluding diaryl/α,β-unsaturated/α-hetero) is 1. The van der Waals surface area contributed by atoms with Crippen molar-refractivity contribution in [3.05, 3.63) is 0 Å². The topological polar surface area (TPSA) is 66.8 Å². The van der Waals surface area contributed by atoms with Gasteiger partial charge in [0.2, 0.25) is 0 Å². The SMILES string of the molecule is CC1(C)OC(C)(C2C(O)CC3(C)C4CCC5C(C)(C)C(=O)CCC56CC46CCC23C)CCC1O. The molecule has 4 heteroatoms. The van der Waals surface area contributed by atoms with Gasteiger partial charge in [0.1, 0.15) is 5.78 Å². The van der Waals surface area contributed by atoms with Gasteiger partial charge < -0.3 is 14.9 Å². The fraction of sp³-hybridized carbons (Fsp3) is 0.967. The monoisotopic (exact) mass is 472 g/mol. The molecule has 1 saturated heterocycles. The number of hydrogen-bond acceptors (Lipinski definition) is 4. The summed E-state index contributed by atoms with van der Waals surface area (Å²) in [5.74, 6) is 1.74. The van der Waals surface area contributed by atoms with Gasteiger partial charge in [0.25, 0.3) is 0 Å². The van der Waals surface area contributed by atoms with Crippen LogP contribution in [0.25, 0.3) is 0 Å². The first-order valence-corrected chi connectivity index (χ1v) is 14.2. The second-order valence-electron chi connectivity index (χ2n) is 15.5. The maximum absolute atomic E-state index is 12.9. The van der Waals surface area contributed by atoms with E-state index in [1.54, 1.807) is 0 Å². The first-order valence-electron chi connectivity index (χ1n) is 14.2. The molecule has 10 unspecified atom stereocenters. The van der Waals surface area contributed by atoms with Crippen LogP contribution < -0.4 is 0 Å². The lowest BCUT2D eigenvalue weighted by Gasteiger charge is -2.63. The summed E-state index contributed by atoms with van der Waals surface area (Å²) < 4.78 is 6.73. The van der Waals surface area contributed by atoms with Crippen molar-refractivity contribution < 1.29 is 19.7 Å². The van der Waals surface area contributed by atoms with Gasteiger partial charge in [-0.15, -0.1) is 0 Å². The molecule has 5 aliphatic carbocycles. The van der Waals surface area contributed by atoms with E-state index < -0.39 is 17.3 Å². The maximum Gasteiger partial charge on any atom is 0.138 e. The third-order valence-corrected chi connectivity index (χ3v) is 13.7. The van der Waals surface area contributed by atoms with Gasteiger partial charge >= 0.3 is 0 Å². The summed E-state index contributed by atoms with van der Waals surface area (Å²) in [6.45, 7) is 15.7. The number of hydrogen-bond donors (Lipinski definition) is 2. The second-order valence-corrected chi connectivity index (χ2v) is 15.5. The van der Waals surface area contributed by atoms with Gasteiger partial charge in [0, 0.05) is 17.8 Å². The van der Waals surface area contributed by atoms with E-state index in [0.717, 1.165) is 38.5 Å². The summed E-state index contributed by atoms with van der Waals surface area (Å²) in [6.07, 6.45) is 9.54. The van der Waals surface area contributed by atoms with Crippen LogP contribution in [-0.2, 0) is 9.53 Å². The number of carbonyl (C=O) groups excluding carboxylic acids is 1. The average Bonchev–Trinajstić information content (AvgIpc) is 3.33. The van der Waals surface area contributed by atoms with Gasteiger partial charge in [-0.05, 0) is 112 Å². The van der Waals surface area contributed by atoms with Crippen LogP contribution in [0.4, 0.5) is 0 Å². The summed E-state index contributed by atoms with van der Waals surface area (Å²) in [7, 11) is 0. The van der Waals surface area contributed by atoms with Crippen LogP contribution >= 0.6 is 0 Å². The van der Waals surface area contributed by atoms with Crippen molar-refractivity contribution >= 4 is 5.78 Å². The normalized spacial score (nSPS) is 59.4. The van der Waals surface area contributed by atoms with Gasteiger partial charge in [-0.1, -0.05) is 27.7 Å². The Bertz CT molecular complexity index is 925. The Morgan fingerprint density at radius 2 is 1.44 bits per heavy atom. The Kier molecular flexibility index (Phi) is 4.58. The lowest BCUT2D eigenvalue weighted by molar-refractivity contribution is -0.262. The van der Waals surface area contributed by atoms with E-state index in [-0.39, 0.29) is 28.3 Å². The van der Waals surface area contributed by atoms with Gasteiger partial charge in [-0.3, -0.25) is 4.79 Å². The molecule has 2 N–H and O–H groups in total. The number of ether oxygens (including phenoxy) is 1. The van der Waals surface area contributed by atoms with Crippen LogP contribution in [0, 0.1) is 44.8 Å². The molecule has 5 saturated carbocycles. The fourth-order valence-electron chi connectivity index (χ4n) is 12.0. The summed E-state index contributed by atoms with van der Waals surface area (Å²) in [6, 6.07) is 0. The number of aliphatic hydroxyl groups is 2. The van der Waals surface area contributed by atoms with Gasteiger partial charge in [0.15, 0.2) is 0 Å². The highest BCUT2D eigenvalue weighted by Crippen LogP contribution is 2.89. The van der Waals surface area contributed by atoms with E-state index in [1.807, 2.05) is 13.8 Å². The van der Waals surface area contributed by atoms with E-state index in [9.17, 15) is 15.0 Å². The molecule has 0 radical (unpaired) electrons. The van der Waals surface area contributed by atoms with E-state index in [0.29, 0.717) is 28.4 Å². The zero-order chi connectivity index (χ0) is 24.7. The summed E-state index contributed by atoms with van der Waals surface area (Å²) >= 11 is 0. The van der Waals surface area contributed by atoms with Crippen LogP contribution in [0.2, 0.25) is 0 Å². The van der Waals surface area contributed by atoms with E-state index >= 15 is 0 Å². The first-order chi connectivity index (χ1) is 15.6. The number of fused-ring (bicyclic) bond motifs is 2. The summed E-state index contributed by atoms with van der Waals surface area (Å²) in [4.78, 5) is 12.9. The molecule has 0 bridgehead atoms. The third kappa shape index (κ3) is 2.50. The van der Waals surface area contributed by atoms with Crippen molar-refractivity contribution in [3.63, 3.8) is 0 Å². The lowest BCUT2D eigenvalue weighted by atomic mass is 9.41. The average molecular weight is 473 g/mol. The van der Waals surface area contributed by atoms with Crippen molar-refractivity contribution in [3.8, 4) is 0 Å². The molecule has 6 rings (SSSR count). The molecule has 6 fully saturated rings. The van der Waals surface area contributed by atoms with Crippen LogP contribution in [0.1, 0.15) is 113 Å². The van der Waals surface area contributed by atoms with Gasteiger partial charge in [0.05, 0.1) is 23.4 Å². The smallest absolute Gasteiger partial charge is 0.138 e. The lowest BCUT2D eigenvalue weighted by Crippen LogP contribution is -2.62. The molecule has 0 amide bonds. The number of carbonyl (C=O) groups is 1. The summed E-state index contributed by atoms with van der Waals surface area (Å²) in [5.41, 5.74) is -0.345. The predicted molar refractivity (Wildman–Crippen MR) is 132 cm³/mol. The zero-order valence-electron chi connectivity index (χ0n) is 22.7. The van der Waals surface area contributed by atoms with Crippen molar-refractivity contribution in [1.82, 2.24) is 0 Å². The molecule has 1 aliphatic heterocycles. The minimum atomic E-state index is -0.587. The Hall–Kier alpha value is -0.450. The molecule has 0 aromatic carbocycles. The highest BCUT2D eigenvalue weighted by molar-refractivity contribution is 5.86. The molecule has 2 spiro atoms. The molecule has 1 heterocycles. The van der Waals surface area contributed by atoms with Crippen LogP contribution in [-0.4, -0.2) is 39.4 Å². The minimum Gasteiger partial charge on any atom is -0.393 e. The molecule has 192 valence electrons. The highest BCUT2D eigenvalue weighted by atomic mass is 16.5. The Morgan fingerprint density at radius 1 is 0.794 bits per heavy atom. The number of aliphatic hydroxyl groups excluding tert-OH is 2. The molecule has 0 aromatic heterocycles. The number of ketones is 1. The molecule has 0 aromatic rings. The van der Waals surface area contributed by atoms with Gasteiger partial charge in [-0.25, -0.2) is 0 Å². The maximum atomic E-state index is 12.9. The molecule has 4 nitrogen and oxygen atoms in total. The van der Waals surface area contributed by atoms with Crippen LogP contribution in [0.3, 0.4) is 0 Å². The van der Waals surface area contributed by atoms with Crippen LogP contribution in [0.5, 0.6) is 0 Å². The Labute approximate surface area is 206 Å². The quantitative estimate of drug-likeness (QED) is 0.516. The molecule has 34 heavy (non-hydrogen) atoms. The van der Waals surface area contributed by atoms with E-state index in [2.05, 4.69) is 34.6 Å². The van der Waals surface area contributed by atoms with Crippen LogP contribution in [0.15, 0.2) is 0 Å². The second kappa shape index (κ2) is 6.51. The molecule has 6 aliphatic rings. The van der Waals surface area contributed by atoms with Crippen molar-refractivity contribution in [1.29, 1.82) is 0 Å². The minimum absolute atomic E-state index is 0.0199. The largest absolute Gasteiger partial charge is 0.393 e. The standard InChI is InChI=1S/C30H48O4/c1-24(2)19-8-9-20-27(6)16-18(31)23(28(7)12-10-22(33)25(3,4)34-28)26(27,5)14-15-30(20)17-29(19,30)13-11-21(24)32/h18-20,22-23,31,33H,8-17H2,1-7H3. The fourth-order valence-corrected chi connectivity index (χ4v) is 12.0. The molecule has 10 atom stereocenters. The highest BCUT2D eigenvalue weighted by Gasteiger charge is 2.83. The first kappa shape index (κ1) is 23.9. The number of rotatable bonds is 1. The third-order valence-electron chi connectivity index (χ3n) is 13.7. The zero-order valence-corrected chi connectivity index (χ0v) is 22.7. The van der Waals surface area contributed by atoms with E-state index in [4.69, 9.17) is 4.74 Å². The Balaban J connectivity index is 1.37. The van der Waals surface area contributed by atoms with Gasteiger partial charge in [-0.2, -0.15) is 0 Å². The van der Waals surface area contributed by atoms with E-state index in [1.165, 1.54) is 25.7 Å². The van der Waals surface area contributed by atoms with Crippen molar-refractivity contribution in [2.45, 2.75) is 136 Å². The molecular weight excluding hydrogens is 424 g/mol. The Morgan fingerprint density at radius 3 is 2.12 bits per heavy atom. The van der Waals surface area contributed by atoms with Crippen molar-refractivity contribution in [2.24, 2.45) is 44.8 Å². The summed E-state index contributed by atoms with van der Waals surface area (Å²) in [5, 5.41) is 22.3.